The Morgan fingerprint density at radius 1 is 0.968 bits per heavy atom. The number of nitrogens with one attached hydrogen (secondary N) is 1. The fourth-order valence-corrected chi connectivity index (χ4v) is 4.60. The second kappa shape index (κ2) is 7.84. The first-order chi connectivity index (χ1) is 14.8. The zero-order valence-electron chi connectivity index (χ0n) is 17.2. The monoisotopic (exact) mass is 436 g/mol. The summed E-state index contributed by atoms with van der Waals surface area (Å²) in [5.74, 6) is 0.462. The van der Waals surface area contributed by atoms with Crippen molar-refractivity contribution < 1.29 is 12.9 Å². The molecule has 8 nitrogen and oxygen atoms in total. The number of anilines is 1. The molecule has 0 aliphatic rings. The number of nitrogens with zero attached hydrogens (tertiary/aromatic N) is 3. The first kappa shape index (κ1) is 20.5. The van der Waals surface area contributed by atoms with E-state index in [1.807, 2.05) is 6.07 Å². The minimum Gasteiger partial charge on any atom is -0.359 e. The summed E-state index contributed by atoms with van der Waals surface area (Å²) in [5.41, 5.74) is 2.71. The van der Waals surface area contributed by atoms with Gasteiger partial charge in [-0.2, -0.15) is 9.78 Å². The average Bonchev–Trinajstić information content (AvgIpc) is 3.07. The largest absolute Gasteiger partial charge is 0.359 e. The molecule has 2 heterocycles. The van der Waals surface area contributed by atoms with Gasteiger partial charge in [0.1, 0.15) is 11.4 Å². The summed E-state index contributed by atoms with van der Waals surface area (Å²) < 4.78 is 34.9. The Morgan fingerprint density at radius 3 is 2.39 bits per heavy atom. The summed E-state index contributed by atoms with van der Waals surface area (Å²) in [6.45, 7) is 5.14. The number of aryl methyl sites for hydroxylation is 3. The molecule has 0 unspecified atom stereocenters. The van der Waals surface area contributed by atoms with E-state index in [0.717, 1.165) is 0 Å². The Hall–Kier alpha value is -3.72. The van der Waals surface area contributed by atoms with Crippen molar-refractivity contribution in [2.24, 2.45) is 0 Å². The normalized spacial score (nSPS) is 11.5. The Labute approximate surface area is 179 Å². The van der Waals surface area contributed by atoms with Crippen molar-refractivity contribution in [1.82, 2.24) is 14.9 Å². The van der Waals surface area contributed by atoms with Crippen molar-refractivity contribution in [2.75, 3.05) is 4.72 Å². The molecule has 0 spiro atoms. The van der Waals surface area contributed by atoms with E-state index < -0.39 is 10.0 Å². The standard InChI is InChI=1S/C22H20N4O4S/c1-14-9-10-17(13-20(14)31(28,29)25-18-7-5-4-6-8-18)19-11-12-21(27)26(23-19)22-15(2)24-30-16(22)3/h4-13,25H,1-3H3. The SMILES string of the molecule is Cc1ccc(-c2ccc(=O)n(-c3c(C)noc3C)n2)cc1S(=O)(=O)Nc1ccccc1. The fraction of sp³-hybridized carbons (Fsp3) is 0.136. The molecular weight excluding hydrogens is 416 g/mol. The molecule has 2 aromatic heterocycles. The number of benzene rings is 2. The van der Waals surface area contributed by atoms with Gasteiger partial charge in [-0.25, -0.2) is 8.42 Å². The topological polar surface area (TPSA) is 107 Å². The molecule has 0 saturated heterocycles. The summed E-state index contributed by atoms with van der Waals surface area (Å²) in [6, 6.07) is 16.6. The average molecular weight is 436 g/mol. The molecule has 0 amide bonds. The van der Waals surface area contributed by atoms with Gasteiger partial charge in [-0.3, -0.25) is 9.52 Å². The van der Waals surface area contributed by atoms with Crippen molar-refractivity contribution in [2.45, 2.75) is 25.7 Å². The summed E-state index contributed by atoms with van der Waals surface area (Å²) in [6.07, 6.45) is 0. The van der Waals surface area contributed by atoms with E-state index in [0.29, 0.717) is 39.6 Å². The van der Waals surface area contributed by atoms with Crippen molar-refractivity contribution in [3.05, 3.63) is 88.0 Å². The van der Waals surface area contributed by atoms with Crippen LogP contribution in [0.3, 0.4) is 0 Å². The molecule has 31 heavy (non-hydrogen) atoms. The van der Waals surface area contributed by atoms with Crippen LogP contribution in [0.2, 0.25) is 0 Å². The Balaban J connectivity index is 1.79. The number of hydrogen-bond acceptors (Lipinski definition) is 6. The number of aromatic nitrogens is 3. The molecule has 9 heteroatoms. The predicted molar refractivity (Wildman–Crippen MR) is 117 cm³/mol. The van der Waals surface area contributed by atoms with Crippen LogP contribution in [0.4, 0.5) is 5.69 Å². The second-order valence-electron chi connectivity index (χ2n) is 7.09. The lowest BCUT2D eigenvalue weighted by molar-refractivity contribution is 0.392. The van der Waals surface area contributed by atoms with Gasteiger partial charge in [-0.15, -0.1) is 0 Å². The molecule has 158 valence electrons. The van der Waals surface area contributed by atoms with Crippen LogP contribution in [0, 0.1) is 20.8 Å². The molecule has 1 N–H and O–H groups in total. The number of rotatable bonds is 5. The maximum Gasteiger partial charge on any atom is 0.271 e. The third-order valence-corrected chi connectivity index (χ3v) is 6.33. The Morgan fingerprint density at radius 2 is 1.71 bits per heavy atom. The molecule has 4 rings (SSSR count). The second-order valence-corrected chi connectivity index (χ2v) is 8.74. The lowest BCUT2D eigenvalue weighted by Crippen LogP contribution is -2.21. The van der Waals surface area contributed by atoms with Crippen molar-refractivity contribution in [3.63, 3.8) is 0 Å². The molecule has 4 aromatic rings. The molecule has 0 radical (unpaired) electrons. The number of sulfonamides is 1. The highest BCUT2D eigenvalue weighted by molar-refractivity contribution is 7.92. The van der Waals surface area contributed by atoms with E-state index in [9.17, 15) is 13.2 Å². The third kappa shape index (κ3) is 3.99. The van der Waals surface area contributed by atoms with Crippen LogP contribution >= 0.6 is 0 Å². The molecule has 0 fully saturated rings. The van der Waals surface area contributed by atoms with Crippen molar-refractivity contribution in [1.29, 1.82) is 0 Å². The minimum absolute atomic E-state index is 0.130. The van der Waals surface area contributed by atoms with Crippen LogP contribution in [-0.4, -0.2) is 23.4 Å². The van der Waals surface area contributed by atoms with Crippen LogP contribution in [-0.2, 0) is 10.0 Å². The van der Waals surface area contributed by atoms with Crippen LogP contribution in [0.25, 0.3) is 16.9 Å². The van der Waals surface area contributed by atoms with Crippen molar-refractivity contribution >= 4 is 15.7 Å². The van der Waals surface area contributed by atoms with E-state index in [4.69, 9.17) is 4.52 Å². The molecule has 0 atom stereocenters. The smallest absolute Gasteiger partial charge is 0.271 e. The third-order valence-electron chi connectivity index (χ3n) is 4.81. The fourth-order valence-electron chi connectivity index (χ4n) is 3.27. The molecule has 0 aliphatic carbocycles. The lowest BCUT2D eigenvalue weighted by Gasteiger charge is -2.12. The molecule has 0 bridgehead atoms. The van der Waals surface area contributed by atoms with Gasteiger partial charge in [0.15, 0.2) is 5.76 Å². The van der Waals surface area contributed by atoms with E-state index in [1.54, 1.807) is 69.3 Å². The van der Waals surface area contributed by atoms with Gasteiger partial charge in [-0.05, 0) is 50.6 Å². The Kier molecular flexibility index (Phi) is 5.20. The summed E-state index contributed by atoms with van der Waals surface area (Å²) >= 11 is 0. The molecule has 0 saturated carbocycles. The highest BCUT2D eigenvalue weighted by Crippen LogP contribution is 2.26. The van der Waals surface area contributed by atoms with E-state index in [2.05, 4.69) is 15.0 Å². The first-order valence-corrected chi connectivity index (χ1v) is 11.0. The lowest BCUT2D eigenvalue weighted by atomic mass is 10.1. The molecular formula is C22H20N4O4S. The van der Waals surface area contributed by atoms with Crippen LogP contribution in [0.5, 0.6) is 0 Å². The maximum atomic E-state index is 13.0. The zero-order valence-corrected chi connectivity index (χ0v) is 18.0. The predicted octanol–water partition coefficient (Wildman–Crippen LogP) is 3.61. The number of hydrogen-bond donors (Lipinski definition) is 1. The first-order valence-electron chi connectivity index (χ1n) is 9.49. The van der Waals surface area contributed by atoms with E-state index in [-0.39, 0.29) is 10.5 Å². The van der Waals surface area contributed by atoms with Crippen LogP contribution < -0.4 is 10.3 Å². The minimum atomic E-state index is -3.82. The van der Waals surface area contributed by atoms with E-state index >= 15 is 0 Å². The van der Waals surface area contributed by atoms with Crippen LogP contribution in [0.1, 0.15) is 17.0 Å². The van der Waals surface area contributed by atoms with Crippen molar-refractivity contribution in [3.8, 4) is 16.9 Å². The van der Waals surface area contributed by atoms with Gasteiger partial charge < -0.3 is 4.52 Å². The number of para-hydroxylation sites is 1. The van der Waals surface area contributed by atoms with Gasteiger partial charge >= 0.3 is 0 Å². The highest BCUT2D eigenvalue weighted by atomic mass is 32.2. The van der Waals surface area contributed by atoms with Gasteiger partial charge in [0.05, 0.1) is 10.6 Å². The van der Waals surface area contributed by atoms with Crippen LogP contribution in [0.15, 0.2) is 74.9 Å². The van der Waals surface area contributed by atoms with Gasteiger partial charge in [0.25, 0.3) is 15.6 Å². The summed E-state index contributed by atoms with van der Waals surface area (Å²) in [5, 5.41) is 8.30. The highest BCUT2D eigenvalue weighted by Gasteiger charge is 2.19. The molecule has 0 aliphatic heterocycles. The van der Waals surface area contributed by atoms with Gasteiger partial charge in [-0.1, -0.05) is 35.5 Å². The zero-order chi connectivity index (χ0) is 22.2. The molecule has 2 aromatic carbocycles. The van der Waals surface area contributed by atoms with Gasteiger partial charge in [0.2, 0.25) is 0 Å². The summed E-state index contributed by atoms with van der Waals surface area (Å²) in [4.78, 5) is 12.5. The maximum absolute atomic E-state index is 13.0. The summed E-state index contributed by atoms with van der Waals surface area (Å²) in [7, 11) is -3.82. The Bertz CT molecular complexity index is 1400. The van der Waals surface area contributed by atoms with Gasteiger partial charge in [0, 0.05) is 17.3 Å². The van der Waals surface area contributed by atoms with E-state index in [1.165, 1.54) is 10.7 Å². The quantitative estimate of drug-likeness (QED) is 0.512.